The van der Waals surface area contributed by atoms with Crippen molar-refractivity contribution in [3.05, 3.63) is 58.4 Å². The van der Waals surface area contributed by atoms with Gasteiger partial charge in [-0.1, -0.05) is 30.7 Å². The molecule has 1 atom stereocenters. The molecule has 1 unspecified atom stereocenters. The molecule has 0 spiro atoms. The number of benzene rings is 1. The Morgan fingerprint density at radius 2 is 1.88 bits per heavy atom. The van der Waals surface area contributed by atoms with Gasteiger partial charge < -0.3 is 15.4 Å². The third-order valence-corrected chi connectivity index (χ3v) is 5.44. The number of aliphatic hydroxyl groups is 1. The number of nitrogens with zero attached hydrogens (tertiary/aromatic N) is 1. The third-order valence-electron chi connectivity index (χ3n) is 5.19. The van der Waals surface area contributed by atoms with Crippen LogP contribution in [0.2, 0.25) is 5.02 Å². The molecule has 0 aliphatic carbocycles. The van der Waals surface area contributed by atoms with E-state index in [0.717, 1.165) is 42.1 Å². The minimum atomic E-state index is -0.549. The first-order valence-corrected chi connectivity index (χ1v) is 9.58. The summed E-state index contributed by atoms with van der Waals surface area (Å²) in [6, 6.07) is 11.6. The van der Waals surface area contributed by atoms with Gasteiger partial charge in [0, 0.05) is 29.7 Å². The number of carbonyl (C=O) groups excluding carboxylic acids is 1. The summed E-state index contributed by atoms with van der Waals surface area (Å²) in [6.07, 6.45) is 4.37. The van der Waals surface area contributed by atoms with Crippen LogP contribution in [0.15, 0.2) is 36.4 Å². The number of hydrogen-bond donors (Lipinski definition) is 2. The second-order valence-electron chi connectivity index (χ2n) is 7.05. The van der Waals surface area contributed by atoms with Gasteiger partial charge in [-0.2, -0.15) is 0 Å². The van der Waals surface area contributed by atoms with E-state index >= 15 is 0 Å². The van der Waals surface area contributed by atoms with E-state index in [1.807, 2.05) is 54.9 Å². The number of rotatable bonds is 10. The molecule has 5 heteroatoms. The number of aryl methyl sites for hydroxylation is 2. The lowest BCUT2D eigenvalue weighted by Gasteiger charge is -2.25. The van der Waals surface area contributed by atoms with Gasteiger partial charge in [-0.05, 0) is 61.9 Å². The molecule has 0 fully saturated rings. The smallest absolute Gasteiger partial charge is 0.179 e. The summed E-state index contributed by atoms with van der Waals surface area (Å²) in [6.45, 7) is 1.96. The van der Waals surface area contributed by atoms with Crippen LogP contribution in [0.5, 0.6) is 0 Å². The Morgan fingerprint density at radius 3 is 2.50 bits per heavy atom. The van der Waals surface area contributed by atoms with Crippen LogP contribution in [0.25, 0.3) is 0 Å². The highest BCUT2D eigenvalue weighted by atomic mass is 35.5. The van der Waals surface area contributed by atoms with E-state index in [4.69, 9.17) is 17.3 Å². The van der Waals surface area contributed by atoms with Crippen LogP contribution in [-0.4, -0.2) is 27.6 Å². The van der Waals surface area contributed by atoms with Crippen molar-refractivity contribution in [1.29, 1.82) is 0 Å². The fourth-order valence-electron chi connectivity index (χ4n) is 3.06. The average Bonchev–Trinajstić information content (AvgIpc) is 3.02. The van der Waals surface area contributed by atoms with Gasteiger partial charge in [0.05, 0.1) is 12.3 Å². The highest BCUT2D eigenvalue weighted by molar-refractivity contribution is 6.30. The fraction of sp³-hybridized carbons (Fsp3) is 0.476. The van der Waals surface area contributed by atoms with E-state index in [1.54, 1.807) is 0 Å². The maximum Gasteiger partial charge on any atom is 0.179 e. The molecule has 0 amide bonds. The number of aromatic nitrogens is 1. The van der Waals surface area contributed by atoms with Crippen LogP contribution < -0.4 is 5.73 Å². The molecule has 0 radical (unpaired) electrons. The normalized spacial score (nSPS) is 13.6. The molecule has 0 aliphatic rings. The van der Waals surface area contributed by atoms with Crippen LogP contribution >= 0.6 is 11.6 Å². The zero-order valence-corrected chi connectivity index (χ0v) is 16.4. The molecule has 1 aromatic carbocycles. The zero-order chi connectivity index (χ0) is 19.2. The summed E-state index contributed by atoms with van der Waals surface area (Å²) >= 11 is 5.89. The molecule has 1 aromatic heterocycles. The van der Waals surface area contributed by atoms with Crippen molar-refractivity contribution >= 4 is 17.4 Å². The number of nitrogens with two attached hydrogens (primary N) is 1. The second-order valence-corrected chi connectivity index (χ2v) is 7.48. The number of halogens is 1. The first-order valence-electron chi connectivity index (χ1n) is 9.20. The fourth-order valence-corrected chi connectivity index (χ4v) is 3.19. The summed E-state index contributed by atoms with van der Waals surface area (Å²) in [5.74, 6) is 0.157. The van der Waals surface area contributed by atoms with Crippen LogP contribution in [0.3, 0.4) is 0 Å². The monoisotopic (exact) mass is 376 g/mol. The van der Waals surface area contributed by atoms with Crippen molar-refractivity contribution in [2.24, 2.45) is 12.8 Å². The van der Waals surface area contributed by atoms with E-state index in [1.165, 1.54) is 5.56 Å². The van der Waals surface area contributed by atoms with E-state index in [-0.39, 0.29) is 12.4 Å². The van der Waals surface area contributed by atoms with Gasteiger partial charge in [-0.25, -0.2) is 0 Å². The molecule has 0 aliphatic heterocycles. The molecule has 0 saturated heterocycles. The van der Waals surface area contributed by atoms with Crippen LogP contribution in [0.1, 0.15) is 54.4 Å². The third kappa shape index (κ3) is 5.44. The second kappa shape index (κ2) is 9.36. The molecule has 0 saturated carbocycles. The minimum Gasteiger partial charge on any atom is -0.394 e. The van der Waals surface area contributed by atoms with Crippen molar-refractivity contribution in [3.8, 4) is 0 Å². The van der Waals surface area contributed by atoms with Crippen molar-refractivity contribution in [2.75, 3.05) is 6.61 Å². The summed E-state index contributed by atoms with van der Waals surface area (Å²) in [4.78, 5) is 12.5. The number of carbonyl (C=O) groups is 1. The molecule has 2 aromatic rings. The molecule has 1 heterocycles. The van der Waals surface area contributed by atoms with Crippen LogP contribution in [0, 0.1) is 0 Å². The molecule has 142 valence electrons. The molecular formula is C21H29ClN2O2. The number of aliphatic hydroxyl groups excluding tert-OH is 1. The maximum absolute atomic E-state index is 12.5. The first kappa shape index (κ1) is 20.7. The predicted octanol–water partition coefficient (Wildman–Crippen LogP) is 3.92. The van der Waals surface area contributed by atoms with Crippen LogP contribution in [-0.2, 0) is 19.9 Å². The summed E-state index contributed by atoms with van der Waals surface area (Å²) < 4.78 is 1.96. The maximum atomic E-state index is 12.5. The van der Waals surface area contributed by atoms with Crippen molar-refractivity contribution < 1.29 is 9.90 Å². The Balaban J connectivity index is 1.89. The van der Waals surface area contributed by atoms with Gasteiger partial charge in [0.1, 0.15) is 0 Å². The Kier molecular flexibility index (Phi) is 7.44. The zero-order valence-electron chi connectivity index (χ0n) is 15.7. The van der Waals surface area contributed by atoms with Crippen molar-refractivity contribution in [1.82, 2.24) is 4.57 Å². The Bertz CT molecular complexity index is 718. The minimum absolute atomic E-state index is 0.0234. The summed E-state index contributed by atoms with van der Waals surface area (Å²) in [5.41, 5.74) is 8.61. The van der Waals surface area contributed by atoms with Gasteiger partial charge >= 0.3 is 0 Å². The molecule has 3 N–H and O–H groups in total. The van der Waals surface area contributed by atoms with Crippen molar-refractivity contribution in [3.63, 3.8) is 0 Å². The summed E-state index contributed by atoms with van der Waals surface area (Å²) in [5, 5.41) is 10.2. The number of ketones is 1. The first-order chi connectivity index (χ1) is 12.4. The molecule has 26 heavy (non-hydrogen) atoms. The predicted molar refractivity (Wildman–Crippen MR) is 107 cm³/mol. The van der Waals surface area contributed by atoms with E-state index < -0.39 is 5.54 Å². The molecule has 4 nitrogen and oxygen atoms in total. The van der Waals surface area contributed by atoms with Gasteiger partial charge in [0.25, 0.3) is 0 Å². The van der Waals surface area contributed by atoms with Gasteiger partial charge in [0.2, 0.25) is 0 Å². The molecule has 2 rings (SSSR count). The lowest BCUT2D eigenvalue weighted by atomic mass is 9.92. The van der Waals surface area contributed by atoms with Gasteiger partial charge in [-0.15, -0.1) is 0 Å². The lowest BCUT2D eigenvalue weighted by Crippen LogP contribution is -2.43. The quantitative estimate of drug-likeness (QED) is 0.617. The summed E-state index contributed by atoms with van der Waals surface area (Å²) in [7, 11) is 1.92. The Morgan fingerprint density at radius 1 is 1.19 bits per heavy atom. The SMILES string of the molecule is CCC(N)(CO)CCc1ccc(C(=O)CCCc2ccc(Cl)cc2)n1C. The molecule has 0 bridgehead atoms. The van der Waals surface area contributed by atoms with E-state index in [2.05, 4.69) is 0 Å². The topological polar surface area (TPSA) is 68.2 Å². The lowest BCUT2D eigenvalue weighted by molar-refractivity contribution is 0.0972. The van der Waals surface area contributed by atoms with Crippen LogP contribution in [0.4, 0.5) is 0 Å². The van der Waals surface area contributed by atoms with E-state index in [0.29, 0.717) is 12.8 Å². The standard InChI is InChI=1S/C21H29ClN2O2/c1-3-21(23,15-25)14-13-18-11-12-19(24(18)2)20(26)6-4-5-16-7-9-17(22)10-8-16/h7-12,25H,3-6,13-15,23H2,1-2H3. The number of hydrogen-bond acceptors (Lipinski definition) is 3. The van der Waals surface area contributed by atoms with Gasteiger partial charge in [-0.3, -0.25) is 4.79 Å². The Hall–Kier alpha value is -1.62. The highest BCUT2D eigenvalue weighted by Crippen LogP contribution is 2.18. The number of Topliss-reactive ketones (excluding diaryl/α,β-unsaturated/α-hetero) is 1. The van der Waals surface area contributed by atoms with E-state index in [9.17, 15) is 9.90 Å². The Labute approximate surface area is 161 Å². The average molecular weight is 377 g/mol. The van der Waals surface area contributed by atoms with Crippen molar-refractivity contribution in [2.45, 2.75) is 51.0 Å². The molecular weight excluding hydrogens is 348 g/mol. The highest BCUT2D eigenvalue weighted by Gasteiger charge is 2.22. The van der Waals surface area contributed by atoms with Gasteiger partial charge in [0.15, 0.2) is 5.78 Å². The largest absolute Gasteiger partial charge is 0.394 e.